The Labute approximate surface area is 197 Å². The molecule has 0 unspecified atom stereocenters. The Morgan fingerprint density at radius 3 is 2.61 bits per heavy atom. The summed E-state index contributed by atoms with van der Waals surface area (Å²) in [5.74, 6) is -0.354. The Kier molecular flexibility index (Phi) is 6.65. The van der Waals surface area contributed by atoms with Crippen molar-refractivity contribution in [3.63, 3.8) is 0 Å². The predicted molar refractivity (Wildman–Crippen MR) is 132 cm³/mol. The Morgan fingerprint density at radius 2 is 1.91 bits per heavy atom. The van der Waals surface area contributed by atoms with E-state index in [9.17, 15) is 14.4 Å². The number of rotatable bonds is 5. The number of amides is 2. The third kappa shape index (κ3) is 4.71. The van der Waals surface area contributed by atoms with Crippen LogP contribution in [-0.4, -0.2) is 39.4 Å². The van der Waals surface area contributed by atoms with E-state index in [1.165, 1.54) is 28.7 Å². The van der Waals surface area contributed by atoms with E-state index in [1.54, 1.807) is 11.8 Å². The number of aryl methyl sites for hydroxylation is 3. The number of fused-ring (bicyclic) bond motifs is 1. The molecule has 1 saturated carbocycles. The molecule has 33 heavy (non-hydrogen) atoms. The van der Waals surface area contributed by atoms with Crippen LogP contribution in [0.15, 0.2) is 29.3 Å². The van der Waals surface area contributed by atoms with E-state index in [-0.39, 0.29) is 30.0 Å². The van der Waals surface area contributed by atoms with Crippen molar-refractivity contribution in [3.8, 4) is 0 Å². The molecule has 0 atom stereocenters. The van der Waals surface area contributed by atoms with Crippen molar-refractivity contribution in [2.45, 2.75) is 65.5 Å². The number of thiophene rings is 1. The SMILES string of the molecule is Cc1ccc(NC(=O)c2sc3ncn(CC(=O)N(C)C4CCCCC4)c(=O)c3c2C)c(C)c1. The van der Waals surface area contributed by atoms with Gasteiger partial charge in [-0.15, -0.1) is 11.3 Å². The number of carbonyl (C=O) groups is 2. The zero-order valence-corrected chi connectivity index (χ0v) is 20.4. The van der Waals surface area contributed by atoms with Gasteiger partial charge in [0.05, 0.1) is 16.6 Å². The molecule has 2 heterocycles. The summed E-state index contributed by atoms with van der Waals surface area (Å²) >= 11 is 1.20. The number of hydrogen-bond donors (Lipinski definition) is 1. The molecule has 1 aliphatic carbocycles. The number of benzene rings is 1. The maximum Gasteiger partial charge on any atom is 0.266 e. The molecule has 2 aromatic heterocycles. The van der Waals surface area contributed by atoms with E-state index in [0.29, 0.717) is 20.7 Å². The van der Waals surface area contributed by atoms with Crippen LogP contribution < -0.4 is 10.9 Å². The molecule has 2 amide bonds. The molecule has 1 aliphatic rings. The van der Waals surface area contributed by atoms with Crippen LogP contribution >= 0.6 is 11.3 Å². The first-order valence-electron chi connectivity index (χ1n) is 11.4. The monoisotopic (exact) mass is 466 g/mol. The first kappa shape index (κ1) is 23.2. The summed E-state index contributed by atoms with van der Waals surface area (Å²) in [5.41, 5.74) is 3.14. The fraction of sp³-hybridized carbons (Fsp3) is 0.440. The molecular weight excluding hydrogens is 436 g/mol. The minimum Gasteiger partial charge on any atom is -0.341 e. The van der Waals surface area contributed by atoms with Crippen molar-refractivity contribution < 1.29 is 9.59 Å². The van der Waals surface area contributed by atoms with Gasteiger partial charge in [0.1, 0.15) is 11.4 Å². The van der Waals surface area contributed by atoms with E-state index in [1.807, 2.05) is 39.1 Å². The van der Waals surface area contributed by atoms with Crippen LogP contribution in [0.25, 0.3) is 10.2 Å². The molecule has 174 valence electrons. The highest BCUT2D eigenvalue weighted by atomic mass is 32.1. The summed E-state index contributed by atoms with van der Waals surface area (Å²) in [4.78, 5) is 46.2. The molecular formula is C25H30N4O3S. The number of hydrogen-bond acceptors (Lipinski definition) is 5. The summed E-state index contributed by atoms with van der Waals surface area (Å²) in [5, 5.41) is 3.35. The van der Waals surface area contributed by atoms with E-state index in [0.717, 1.165) is 42.5 Å². The molecule has 7 nitrogen and oxygen atoms in total. The van der Waals surface area contributed by atoms with Crippen LogP contribution in [0.2, 0.25) is 0 Å². The first-order chi connectivity index (χ1) is 15.8. The first-order valence-corrected chi connectivity index (χ1v) is 12.2. The highest BCUT2D eigenvalue weighted by molar-refractivity contribution is 7.20. The summed E-state index contributed by atoms with van der Waals surface area (Å²) in [6.45, 7) is 5.67. The number of nitrogens with zero attached hydrogens (tertiary/aromatic N) is 3. The lowest BCUT2D eigenvalue weighted by molar-refractivity contribution is -0.133. The minimum atomic E-state index is -0.287. The third-order valence-electron chi connectivity index (χ3n) is 6.58. The molecule has 0 bridgehead atoms. The van der Waals surface area contributed by atoms with Crippen LogP contribution in [0.1, 0.15) is 58.5 Å². The Bertz CT molecular complexity index is 1270. The van der Waals surface area contributed by atoms with Crippen LogP contribution in [0, 0.1) is 20.8 Å². The Hall–Kier alpha value is -3.00. The zero-order chi connectivity index (χ0) is 23.7. The van der Waals surface area contributed by atoms with Crippen molar-refractivity contribution in [1.82, 2.24) is 14.5 Å². The van der Waals surface area contributed by atoms with Gasteiger partial charge in [-0.1, -0.05) is 37.0 Å². The molecule has 3 aromatic rings. The molecule has 8 heteroatoms. The lowest BCUT2D eigenvalue weighted by atomic mass is 9.94. The topological polar surface area (TPSA) is 84.3 Å². The van der Waals surface area contributed by atoms with E-state index < -0.39 is 0 Å². The molecule has 0 saturated heterocycles. The maximum absolute atomic E-state index is 13.2. The molecule has 1 N–H and O–H groups in total. The van der Waals surface area contributed by atoms with Crippen LogP contribution in [0.4, 0.5) is 5.69 Å². The molecule has 0 aliphatic heterocycles. The smallest absolute Gasteiger partial charge is 0.266 e. The standard InChI is InChI=1S/C25H30N4O3S/c1-15-10-11-19(16(2)12-15)27-23(31)22-17(3)21-24(33-22)26-14-29(25(21)32)13-20(30)28(4)18-8-6-5-7-9-18/h10-12,14,18H,5-9,13H2,1-4H3,(H,27,31). The van der Waals surface area contributed by atoms with Crippen molar-refractivity contribution in [1.29, 1.82) is 0 Å². The number of anilines is 1. The number of aromatic nitrogens is 2. The maximum atomic E-state index is 13.2. The van der Waals surface area contributed by atoms with E-state index in [4.69, 9.17) is 0 Å². The van der Waals surface area contributed by atoms with Crippen LogP contribution in [-0.2, 0) is 11.3 Å². The average molecular weight is 467 g/mol. The van der Waals surface area contributed by atoms with Crippen molar-refractivity contribution in [2.75, 3.05) is 12.4 Å². The second-order valence-electron chi connectivity index (χ2n) is 8.98. The Balaban J connectivity index is 1.58. The molecule has 4 rings (SSSR count). The summed E-state index contributed by atoms with van der Waals surface area (Å²) in [6.07, 6.45) is 6.93. The van der Waals surface area contributed by atoms with Gasteiger partial charge < -0.3 is 10.2 Å². The average Bonchev–Trinajstić information content (AvgIpc) is 3.14. The van der Waals surface area contributed by atoms with Crippen molar-refractivity contribution in [2.24, 2.45) is 0 Å². The van der Waals surface area contributed by atoms with Gasteiger partial charge in [-0.2, -0.15) is 0 Å². The van der Waals surface area contributed by atoms with Crippen LogP contribution in [0.5, 0.6) is 0 Å². The minimum absolute atomic E-state index is 0.0475. The quantitative estimate of drug-likeness (QED) is 0.603. The second-order valence-corrected chi connectivity index (χ2v) is 9.98. The number of likely N-dealkylation sites (N-methyl/N-ethyl adjacent to an activating group) is 1. The summed E-state index contributed by atoms with van der Waals surface area (Å²) in [6, 6.07) is 6.07. The lowest BCUT2D eigenvalue weighted by Crippen LogP contribution is -2.41. The highest BCUT2D eigenvalue weighted by Crippen LogP contribution is 2.28. The van der Waals surface area contributed by atoms with E-state index in [2.05, 4.69) is 10.3 Å². The molecule has 0 spiro atoms. The fourth-order valence-electron chi connectivity index (χ4n) is 4.55. The fourth-order valence-corrected chi connectivity index (χ4v) is 5.59. The Morgan fingerprint density at radius 1 is 1.18 bits per heavy atom. The van der Waals surface area contributed by atoms with Crippen LogP contribution in [0.3, 0.4) is 0 Å². The lowest BCUT2D eigenvalue weighted by Gasteiger charge is -2.31. The normalized spacial score (nSPS) is 14.4. The zero-order valence-electron chi connectivity index (χ0n) is 19.6. The highest BCUT2D eigenvalue weighted by Gasteiger charge is 2.24. The number of carbonyl (C=O) groups excluding carboxylic acids is 2. The van der Waals surface area contributed by atoms with Crippen molar-refractivity contribution in [3.05, 3.63) is 56.4 Å². The van der Waals surface area contributed by atoms with Gasteiger partial charge in [-0.25, -0.2) is 4.98 Å². The van der Waals surface area contributed by atoms with Gasteiger partial charge >= 0.3 is 0 Å². The van der Waals surface area contributed by atoms with E-state index >= 15 is 0 Å². The second kappa shape index (κ2) is 9.47. The summed E-state index contributed by atoms with van der Waals surface area (Å²) in [7, 11) is 1.82. The van der Waals surface area contributed by atoms with Gasteiger partial charge in [0.15, 0.2) is 0 Å². The van der Waals surface area contributed by atoms with Gasteiger partial charge in [-0.3, -0.25) is 19.0 Å². The third-order valence-corrected chi connectivity index (χ3v) is 7.77. The number of nitrogens with one attached hydrogen (secondary N) is 1. The molecule has 1 fully saturated rings. The predicted octanol–water partition coefficient (Wildman–Crippen LogP) is 4.43. The van der Waals surface area contributed by atoms with Gasteiger partial charge in [0.25, 0.3) is 11.5 Å². The van der Waals surface area contributed by atoms with Gasteiger partial charge in [0.2, 0.25) is 5.91 Å². The molecule has 1 aromatic carbocycles. The van der Waals surface area contributed by atoms with Crippen molar-refractivity contribution >= 4 is 39.1 Å². The van der Waals surface area contributed by atoms with Gasteiger partial charge in [-0.05, 0) is 50.8 Å². The summed E-state index contributed by atoms with van der Waals surface area (Å²) < 4.78 is 1.36. The van der Waals surface area contributed by atoms with Gasteiger partial charge in [0, 0.05) is 18.8 Å². The largest absolute Gasteiger partial charge is 0.341 e. The molecule has 0 radical (unpaired) electrons.